The van der Waals surface area contributed by atoms with Gasteiger partial charge in [-0.25, -0.2) is 19.9 Å². The van der Waals surface area contributed by atoms with E-state index < -0.39 is 0 Å². The molecule has 0 saturated heterocycles. The fourth-order valence-electron chi connectivity index (χ4n) is 5.66. The lowest BCUT2D eigenvalue weighted by atomic mass is 9.97. The Bertz CT molecular complexity index is 2170. The van der Waals surface area contributed by atoms with Crippen molar-refractivity contribution in [1.82, 2.24) is 24.5 Å². The molecule has 6 aromatic carbocycles. The largest absolute Gasteiger partial charge is 0.292 e. The maximum absolute atomic E-state index is 5.25. The summed E-state index contributed by atoms with van der Waals surface area (Å²) in [7, 11) is 0. The molecule has 0 saturated carbocycles. The Balaban J connectivity index is 1.47. The highest BCUT2D eigenvalue weighted by Gasteiger charge is 2.23. The number of imidazole rings is 1. The minimum atomic E-state index is 0.597. The molecule has 0 fully saturated rings. The molecule has 0 bridgehead atoms. The molecule has 0 radical (unpaired) electrons. The number of para-hydroxylation sites is 3. The van der Waals surface area contributed by atoms with Crippen LogP contribution in [0.5, 0.6) is 0 Å². The standard InChI is InChI=1S/C38H25N5/c1-4-15-27(16-5-1)35-40-36(28-17-6-2-7-18-28)42-37(41-35)31-25-24-26-14-10-11-21-30(26)34(31)38-39-32-22-12-13-23-33(32)43(38)29-19-8-3-9-20-29/h1-25H. The van der Waals surface area contributed by atoms with Gasteiger partial charge in [0.15, 0.2) is 17.5 Å². The highest BCUT2D eigenvalue weighted by atomic mass is 15.1. The maximum atomic E-state index is 5.25. The fourth-order valence-corrected chi connectivity index (χ4v) is 5.66. The predicted octanol–water partition coefficient (Wildman–Crippen LogP) is 9.03. The van der Waals surface area contributed by atoms with Gasteiger partial charge in [-0.3, -0.25) is 4.57 Å². The third kappa shape index (κ3) is 4.44. The first-order chi connectivity index (χ1) is 21.3. The summed E-state index contributed by atoms with van der Waals surface area (Å²) in [6.07, 6.45) is 0. The Morgan fingerprint density at radius 2 is 0.977 bits per heavy atom. The van der Waals surface area contributed by atoms with Crippen molar-refractivity contribution >= 4 is 21.8 Å². The van der Waals surface area contributed by atoms with Crippen LogP contribution in [0.4, 0.5) is 0 Å². The quantitative estimate of drug-likeness (QED) is 0.214. The molecule has 2 heterocycles. The van der Waals surface area contributed by atoms with Crippen molar-refractivity contribution in [2.75, 3.05) is 0 Å². The van der Waals surface area contributed by atoms with Gasteiger partial charge in [0.2, 0.25) is 0 Å². The number of nitrogens with zero attached hydrogens (tertiary/aromatic N) is 5. The topological polar surface area (TPSA) is 56.5 Å². The van der Waals surface area contributed by atoms with Crippen molar-refractivity contribution < 1.29 is 0 Å². The number of benzene rings is 6. The summed E-state index contributed by atoms with van der Waals surface area (Å²) in [6, 6.07) is 51.5. The van der Waals surface area contributed by atoms with E-state index in [2.05, 4.69) is 83.4 Å². The van der Waals surface area contributed by atoms with Gasteiger partial charge in [0.25, 0.3) is 0 Å². The third-order valence-electron chi connectivity index (χ3n) is 7.67. The Morgan fingerprint density at radius 1 is 0.419 bits per heavy atom. The molecule has 0 N–H and O–H groups in total. The van der Waals surface area contributed by atoms with Crippen molar-refractivity contribution in [2.24, 2.45) is 0 Å². The second kappa shape index (κ2) is 10.5. The number of hydrogen-bond donors (Lipinski definition) is 0. The first-order valence-electron chi connectivity index (χ1n) is 14.3. The van der Waals surface area contributed by atoms with Gasteiger partial charge in [-0.15, -0.1) is 0 Å². The summed E-state index contributed by atoms with van der Waals surface area (Å²) >= 11 is 0. The van der Waals surface area contributed by atoms with Crippen LogP contribution in [-0.2, 0) is 0 Å². The average molecular weight is 552 g/mol. The van der Waals surface area contributed by atoms with Gasteiger partial charge in [0.05, 0.1) is 11.0 Å². The Kier molecular flexibility index (Phi) is 6.05. The minimum Gasteiger partial charge on any atom is -0.292 e. The van der Waals surface area contributed by atoms with Gasteiger partial charge in [0, 0.05) is 27.9 Å². The Morgan fingerprint density at radius 3 is 1.67 bits per heavy atom. The van der Waals surface area contributed by atoms with E-state index in [9.17, 15) is 0 Å². The van der Waals surface area contributed by atoms with Crippen molar-refractivity contribution in [1.29, 1.82) is 0 Å². The van der Waals surface area contributed by atoms with E-state index in [1.165, 1.54) is 0 Å². The summed E-state index contributed by atoms with van der Waals surface area (Å²) in [5, 5.41) is 2.20. The van der Waals surface area contributed by atoms with Gasteiger partial charge in [-0.2, -0.15) is 0 Å². The summed E-state index contributed by atoms with van der Waals surface area (Å²) < 4.78 is 2.23. The van der Waals surface area contributed by atoms with Crippen LogP contribution in [-0.4, -0.2) is 24.5 Å². The molecule has 0 atom stereocenters. The van der Waals surface area contributed by atoms with Crippen molar-refractivity contribution in [3.8, 4) is 51.2 Å². The zero-order valence-corrected chi connectivity index (χ0v) is 23.2. The molecule has 0 amide bonds. The van der Waals surface area contributed by atoms with Crippen LogP contribution in [0.3, 0.4) is 0 Å². The smallest absolute Gasteiger partial charge is 0.164 e. The third-order valence-corrected chi connectivity index (χ3v) is 7.67. The number of aromatic nitrogens is 5. The van der Waals surface area contributed by atoms with Crippen molar-refractivity contribution in [3.05, 3.63) is 152 Å². The molecule has 0 spiro atoms. The number of fused-ring (bicyclic) bond motifs is 2. The van der Waals surface area contributed by atoms with E-state index in [1.807, 2.05) is 72.8 Å². The summed E-state index contributed by atoms with van der Waals surface area (Å²) in [4.78, 5) is 20.3. The molecule has 202 valence electrons. The highest BCUT2D eigenvalue weighted by molar-refractivity contribution is 6.03. The molecule has 8 aromatic rings. The Labute approximate surface area is 248 Å². The molecule has 0 aliphatic heterocycles. The summed E-state index contributed by atoms with van der Waals surface area (Å²) in [6.45, 7) is 0. The first kappa shape index (κ1) is 24.8. The van der Waals surface area contributed by atoms with Gasteiger partial charge in [-0.1, -0.05) is 121 Å². The lowest BCUT2D eigenvalue weighted by Gasteiger charge is -2.16. The van der Waals surface area contributed by atoms with Gasteiger partial charge >= 0.3 is 0 Å². The van der Waals surface area contributed by atoms with Gasteiger partial charge in [-0.05, 0) is 41.1 Å². The molecule has 0 unspecified atom stereocenters. The highest BCUT2D eigenvalue weighted by Crippen LogP contribution is 2.40. The molecule has 0 aliphatic carbocycles. The van der Waals surface area contributed by atoms with E-state index in [-0.39, 0.29) is 0 Å². The van der Waals surface area contributed by atoms with Crippen molar-refractivity contribution in [2.45, 2.75) is 0 Å². The van der Waals surface area contributed by atoms with E-state index in [1.54, 1.807) is 0 Å². The molecule has 5 heteroatoms. The zero-order valence-electron chi connectivity index (χ0n) is 23.2. The van der Waals surface area contributed by atoms with Crippen LogP contribution in [0.2, 0.25) is 0 Å². The SMILES string of the molecule is c1ccc(-c2nc(-c3ccccc3)nc(-c3ccc4ccccc4c3-c3nc4ccccc4n3-c3ccccc3)n2)cc1. The van der Waals surface area contributed by atoms with Crippen LogP contribution >= 0.6 is 0 Å². The second-order valence-corrected chi connectivity index (χ2v) is 10.3. The van der Waals surface area contributed by atoms with Gasteiger partial charge < -0.3 is 0 Å². The second-order valence-electron chi connectivity index (χ2n) is 10.3. The first-order valence-corrected chi connectivity index (χ1v) is 14.3. The summed E-state index contributed by atoms with van der Waals surface area (Å²) in [5.74, 6) is 2.68. The summed E-state index contributed by atoms with van der Waals surface area (Å²) in [5.41, 5.74) is 6.73. The van der Waals surface area contributed by atoms with E-state index in [0.29, 0.717) is 17.5 Å². The van der Waals surface area contributed by atoms with Crippen LogP contribution < -0.4 is 0 Å². The lowest BCUT2D eigenvalue weighted by Crippen LogP contribution is -2.03. The molecule has 8 rings (SSSR count). The monoisotopic (exact) mass is 551 g/mol. The van der Waals surface area contributed by atoms with Crippen LogP contribution in [0, 0.1) is 0 Å². The number of hydrogen-bond acceptors (Lipinski definition) is 4. The molecular weight excluding hydrogens is 526 g/mol. The number of rotatable bonds is 5. The van der Waals surface area contributed by atoms with Gasteiger partial charge in [0.1, 0.15) is 5.82 Å². The molecule has 2 aromatic heterocycles. The average Bonchev–Trinajstić information content (AvgIpc) is 3.48. The molecule has 43 heavy (non-hydrogen) atoms. The van der Waals surface area contributed by atoms with E-state index in [0.717, 1.165) is 55.6 Å². The van der Waals surface area contributed by atoms with E-state index in [4.69, 9.17) is 19.9 Å². The Hall–Kier alpha value is -5.94. The zero-order chi connectivity index (χ0) is 28.6. The normalized spacial score (nSPS) is 11.3. The van der Waals surface area contributed by atoms with Crippen molar-refractivity contribution in [3.63, 3.8) is 0 Å². The maximum Gasteiger partial charge on any atom is 0.164 e. The molecule has 0 aliphatic rings. The lowest BCUT2D eigenvalue weighted by molar-refractivity contribution is 1.07. The van der Waals surface area contributed by atoms with Crippen LogP contribution in [0.15, 0.2) is 152 Å². The minimum absolute atomic E-state index is 0.597. The van der Waals surface area contributed by atoms with E-state index >= 15 is 0 Å². The van der Waals surface area contributed by atoms with Crippen LogP contribution in [0.1, 0.15) is 0 Å². The van der Waals surface area contributed by atoms with Crippen LogP contribution in [0.25, 0.3) is 73.0 Å². The molecular formula is C38H25N5. The fraction of sp³-hybridized carbons (Fsp3) is 0. The predicted molar refractivity (Wildman–Crippen MR) is 174 cm³/mol. The molecule has 5 nitrogen and oxygen atoms in total.